The highest BCUT2D eigenvalue weighted by Gasteiger charge is 2.24. The normalized spacial score (nSPS) is 15.1. The predicted molar refractivity (Wildman–Crippen MR) is 127 cm³/mol. The molecule has 0 saturated carbocycles. The summed E-state index contributed by atoms with van der Waals surface area (Å²) in [6.45, 7) is 5.30. The molecule has 1 heterocycles. The molecular formula is C23H26N4S2. The Kier molecular flexibility index (Phi) is 7.29. The van der Waals surface area contributed by atoms with Gasteiger partial charge in [0.2, 0.25) is 0 Å². The molecule has 150 valence electrons. The lowest BCUT2D eigenvalue weighted by molar-refractivity contribution is 0.493. The summed E-state index contributed by atoms with van der Waals surface area (Å²) in [5, 5.41) is 11.4. The fourth-order valence-electron chi connectivity index (χ4n) is 3.02. The highest BCUT2D eigenvalue weighted by atomic mass is 32.2. The molecule has 0 fully saturated rings. The molecule has 4 nitrogen and oxygen atoms in total. The molecule has 6 heteroatoms. The third-order valence-electron chi connectivity index (χ3n) is 4.66. The predicted octanol–water partition coefficient (Wildman–Crippen LogP) is 6.44. The Morgan fingerprint density at radius 3 is 2.76 bits per heavy atom. The van der Waals surface area contributed by atoms with Crippen molar-refractivity contribution in [2.45, 2.75) is 31.6 Å². The van der Waals surface area contributed by atoms with Crippen molar-refractivity contribution in [1.82, 2.24) is 4.90 Å². The van der Waals surface area contributed by atoms with E-state index >= 15 is 0 Å². The number of thioether (sulfide) groups is 2. The Bertz CT molecular complexity index is 975. The van der Waals surface area contributed by atoms with Gasteiger partial charge < -0.3 is 9.80 Å². The van der Waals surface area contributed by atoms with Gasteiger partial charge in [-0.15, -0.1) is 0 Å². The van der Waals surface area contributed by atoms with Crippen LogP contribution in [0, 0.1) is 11.3 Å². The maximum absolute atomic E-state index is 9.20. The minimum Gasteiger partial charge on any atom is -0.354 e. The lowest BCUT2D eigenvalue weighted by Crippen LogP contribution is -2.25. The van der Waals surface area contributed by atoms with Crippen molar-refractivity contribution >= 4 is 40.1 Å². The van der Waals surface area contributed by atoms with E-state index in [1.807, 2.05) is 18.2 Å². The third-order valence-corrected chi connectivity index (χ3v) is 7.21. The van der Waals surface area contributed by atoms with Gasteiger partial charge in [0, 0.05) is 30.4 Å². The van der Waals surface area contributed by atoms with Crippen LogP contribution in [0.4, 0.5) is 11.4 Å². The third kappa shape index (κ3) is 5.17. The molecule has 3 rings (SSSR count). The lowest BCUT2D eigenvalue weighted by atomic mass is 10.2. The molecule has 0 saturated heterocycles. The summed E-state index contributed by atoms with van der Waals surface area (Å²) in [4.78, 5) is 11.9. The van der Waals surface area contributed by atoms with E-state index < -0.39 is 0 Å². The quantitative estimate of drug-likeness (QED) is 0.409. The highest BCUT2D eigenvalue weighted by Crippen LogP contribution is 2.47. The number of para-hydroxylation sites is 1. The summed E-state index contributed by atoms with van der Waals surface area (Å²) in [6.07, 6.45) is 2.25. The molecule has 0 unspecified atom stereocenters. The summed E-state index contributed by atoms with van der Waals surface area (Å²) >= 11 is 3.50. The van der Waals surface area contributed by atoms with E-state index in [0.717, 1.165) is 30.2 Å². The molecule has 0 N–H and O–H groups in total. The van der Waals surface area contributed by atoms with Crippen LogP contribution in [0.3, 0.4) is 0 Å². The molecule has 0 aromatic heterocycles. The largest absolute Gasteiger partial charge is 0.354 e. The summed E-state index contributed by atoms with van der Waals surface area (Å²) in [5.41, 5.74) is 2.68. The molecule has 0 spiro atoms. The summed E-state index contributed by atoms with van der Waals surface area (Å²) < 4.78 is 0. The van der Waals surface area contributed by atoms with Crippen molar-refractivity contribution in [3.8, 4) is 6.07 Å². The number of aliphatic imine (C=N–C) groups is 1. The molecule has 0 bridgehead atoms. The van der Waals surface area contributed by atoms with E-state index in [9.17, 15) is 5.26 Å². The molecule has 0 aliphatic carbocycles. The Morgan fingerprint density at radius 2 is 2.03 bits per heavy atom. The van der Waals surface area contributed by atoms with E-state index in [0.29, 0.717) is 5.56 Å². The first-order chi connectivity index (χ1) is 14.0. The average Bonchev–Trinajstić information content (AvgIpc) is 3.08. The Balaban J connectivity index is 1.91. The molecule has 2 aromatic carbocycles. The average molecular weight is 423 g/mol. The van der Waals surface area contributed by atoms with Crippen LogP contribution in [0.25, 0.3) is 0 Å². The van der Waals surface area contributed by atoms with Crippen molar-refractivity contribution in [2.75, 3.05) is 25.5 Å². The van der Waals surface area contributed by atoms with Gasteiger partial charge in [0.25, 0.3) is 0 Å². The number of amidine groups is 1. The molecule has 0 atom stereocenters. The first-order valence-electron chi connectivity index (χ1n) is 9.72. The van der Waals surface area contributed by atoms with Crippen LogP contribution in [0.2, 0.25) is 0 Å². The topological polar surface area (TPSA) is 42.6 Å². The fraction of sp³-hybridized carbons (Fsp3) is 0.304. The van der Waals surface area contributed by atoms with Crippen LogP contribution in [0.1, 0.15) is 32.3 Å². The van der Waals surface area contributed by atoms with Gasteiger partial charge in [-0.3, -0.25) is 0 Å². The minimum atomic E-state index is 0.628. The van der Waals surface area contributed by atoms with Gasteiger partial charge in [-0.05, 0) is 43.7 Å². The fourth-order valence-corrected chi connectivity index (χ4v) is 5.21. The number of fused-ring (bicyclic) bond motifs is 1. The van der Waals surface area contributed by atoms with E-state index in [1.54, 1.807) is 29.6 Å². The van der Waals surface area contributed by atoms with Gasteiger partial charge >= 0.3 is 0 Å². The zero-order chi connectivity index (χ0) is 20.8. The van der Waals surface area contributed by atoms with E-state index in [1.165, 1.54) is 20.5 Å². The molecule has 2 aromatic rings. The van der Waals surface area contributed by atoms with Gasteiger partial charge in [-0.1, -0.05) is 55.1 Å². The summed E-state index contributed by atoms with van der Waals surface area (Å²) in [6, 6.07) is 18.2. The molecule has 0 amide bonds. The standard InChI is InChI=1S/C23H26N4S2/c1-5-6-14-26(3)23(25-19-11-9-10-18(15-19)16-24)28-17(2)22-27(4)20-12-7-8-13-21(20)29-22/h7-13,15H,5-6,14H2,1-4H3/b22-17-,25-23?. The summed E-state index contributed by atoms with van der Waals surface area (Å²) in [7, 11) is 4.21. The Labute approximate surface area is 182 Å². The van der Waals surface area contributed by atoms with Gasteiger partial charge in [0.15, 0.2) is 5.17 Å². The number of nitrogens with zero attached hydrogens (tertiary/aromatic N) is 4. The maximum atomic E-state index is 9.20. The van der Waals surface area contributed by atoms with Crippen LogP contribution in [0.15, 0.2) is 68.4 Å². The van der Waals surface area contributed by atoms with Crippen LogP contribution >= 0.6 is 23.5 Å². The monoisotopic (exact) mass is 422 g/mol. The van der Waals surface area contributed by atoms with Crippen molar-refractivity contribution in [2.24, 2.45) is 4.99 Å². The number of allylic oxidation sites excluding steroid dienone is 1. The first-order valence-corrected chi connectivity index (χ1v) is 11.4. The molecule has 1 aliphatic rings. The second-order valence-electron chi connectivity index (χ2n) is 6.92. The lowest BCUT2D eigenvalue weighted by Gasteiger charge is -2.22. The van der Waals surface area contributed by atoms with E-state index in [-0.39, 0.29) is 0 Å². The van der Waals surface area contributed by atoms with Crippen LogP contribution in [-0.4, -0.2) is 30.7 Å². The van der Waals surface area contributed by atoms with Crippen LogP contribution in [0.5, 0.6) is 0 Å². The van der Waals surface area contributed by atoms with Crippen molar-refractivity contribution < 1.29 is 0 Å². The van der Waals surface area contributed by atoms with Gasteiger partial charge in [0.1, 0.15) is 0 Å². The number of hydrogen-bond acceptors (Lipinski definition) is 5. The number of rotatable bonds is 5. The minimum absolute atomic E-state index is 0.628. The maximum Gasteiger partial charge on any atom is 0.168 e. The highest BCUT2D eigenvalue weighted by molar-refractivity contribution is 8.17. The van der Waals surface area contributed by atoms with E-state index in [2.05, 4.69) is 68.1 Å². The summed E-state index contributed by atoms with van der Waals surface area (Å²) in [5.74, 6) is 0. The number of nitriles is 1. The number of benzene rings is 2. The molecule has 29 heavy (non-hydrogen) atoms. The number of unbranched alkanes of at least 4 members (excludes halogenated alkanes) is 1. The van der Waals surface area contributed by atoms with Crippen molar-refractivity contribution in [3.05, 3.63) is 64.0 Å². The second kappa shape index (κ2) is 9.91. The SMILES string of the molecule is CCCCN(C)C(=Nc1cccc(C#N)c1)S/C(C)=C1\Sc2ccccc2N1C. The number of hydrogen-bond donors (Lipinski definition) is 0. The molecular weight excluding hydrogens is 396 g/mol. The van der Waals surface area contributed by atoms with Gasteiger partial charge in [-0.2, -0.15) is 5.26 Å². The van der Waals surface area contributed by atoms with Crippen LogP contribution < -0.4 is 4.90 Å². The Hall–Kier alpha value is -2.36. The first kappa shape index (κ1) is 21.4. The zero-order valence-corrected chi connectivity index (χ0v) is 19.0. The second-order valence-corrected chi connectivity index (χ2v) is 9.14. The van der Waals surface area contributed by atoms with Crippen LogP contribution in [-0.2, 0) is 0 Å². The smallest absolute Gasteiger partial charge is 0.168 e. The molecule has 0 radical (unpaired) electrons. The zero-order valence-electron chi connectivity index (χ0n) is 17.3. The van der Waals surface area contributed by atoms with Gasteiger partial charge in [0.05, 0.1) is 28.0 Å². The van der Waals surface area contributed by atoms with Gasteiger partial charge in [-0.25, -0.2) is 4.99 Å². The van der Waals surface area contributed by atoms with Crippen molar-refractivity contribution in [1.29, 1.82) is 5.26 Å². The Morgan fingerprint density at radius 1 is 1.24 bits per heavy atom. The number of anilines is 1. The molecule has 1 aliphatic heterocycles. The van der Waals surface area contributed by atoms with E-state index in [4.69, 9.17) is 4.99 Å². The van der Waals surface area contributed by atoms with Crippen molar-refractivity contribution in [3.63, 3.8) is 0 Å².